The quantitative estimate of drug-likeness (QED) is 0.833. The van der Waals surface area contributed by atoms with Crippen LogP contribution in [-0.4, -0.2) is 16.8 Å². The fourth-order valence-electron chi connectivity index (χ4n) is 1.71. The smallest absolute Gasteiger partial charge is 0.336 e. The van der Waals surface area contributed by atoms with E-state index in [1.54, 1.807) is 23.9 Å². The van der Waals surface area contributed by atoms with Crippen LogP contribution in [0.3, 0.4) is 0 Å². The fraction of sp³-hybridized carbons (Fsp3) is 0.385. The van der Waals surface area contributed by atoms with Crippen LogP contribution < -0.4 is 0 Å². The average Bonchev–Trinajstić information content (AvgIpc) is 3.08. The van der Waals surface area contributed by atoms with Crippen molar-refractivity contribution in [3.63, 3.8) is 0 Å². The molecule has 1 fully saturated rings. The van der Waals surface area contributed by atoms with Crippen molar-refractivity contribution in [2.75, 3.05) is 5.75 Å². The Morgan fingerprint density at radius 3 is 2.83 bits per heavy atom. The summed E-state index contributed by atoms with van der Waals surface area (Å²) >= 11 is 4.86. The van der Waals surface area contributed by atoms with Gasteiger partial charge in [0.05, 0.1) is 11.6 Å². The molecule has 1 aromatic carbocycles. The van der Waals surface area contributed by atoms with Crippen molar-refractivity contribution in [1.29, 1.82) is 5.26 Å². The van der Waals surface area contributed by atoms with Gasteiger partial charge >= 0.3 is 5.97 Å². The number of hydrogen-bond acceptors (Lipinski definition) is 3. The standard InChI is InChI=1S/C13H12BrNO2S/c14-11-2-1-9(7-10(11)12(16)17)18-8-13(3-4-13)5-6-15/h1-2,7H,3-5,8H2,(H,16,17). The van der Waals surface area contributed by atoms with Crippen LogP contribution >= 0.6 is 27.7 Å². The van der Waals surface area contributed by atoms with Gasteiger partial charge in [0, 0.05) is 21.5 Å². The van der Waals surface area contributed by atoms with Crippen LogP contribution in [0.2, 0.25) is 0 Å². The first-order valence-electron chi connectivity index (χ1n) is 5.59. The second-order valence-corrected chi connectivity index (χ2v) is 6.47. The Labute approximate surface area is 118 Å². The van der Waals surface area contributed by atoms with Crippen LogP contribution in [0.15, 0.2) is 27.6 Å². The van der Waals surface area contributed by atoms with E-state index >= 15 is 0 Å². The van der Waals surface area contributed by atoms with Crippen LogP contribution in [-0.2, 0) is 0 Å². The summed E-state index contributed by atoms with van der Waals surface area (Å²) in [5.41, 5.74) is 0.459. The van der Waals surface area contributed by atoms with Gasteiger partial charge in [0.2, 0.25) is 0 Å². The highest BCUT2D eigenvalue weighted by Gasteiger charge is 2.42. The molecule has 1 aliphatic rings. The Morgan fingerprint density at radius 1 is 1.56 bits per heavy atom. The van der Waals surface area contributed by atoms with Crippen molar-refractivity contribution in [1.82, 2.24) is 0 Å². The molecule has 1 saturated carbocycles. The number of benzene rings is 1. The zero-order chi connectivity index (χ0) is 13.2. The topological polar surface area (TPSA) is 61.1 Å². The number of halogens is 1. The molecule has 0 unspecified atom stereocenters. The summed E-state index contributed by atoms with van der Waals surface area (Å²) in [7, 11) is 0. The molecule has 0 heterocycles. The van der Waals surface area contributed by atoms with Gasteiger partial charge < -0.3 is 5.11 Å². The molecule has 2 rings (SSSR count). The van der Waals surface area contributed by atoms with Gasteiger partial charge in [-0.1, -0.05) is 0 Å². The van der Waals surface area contributed by atoms with Crippen molar-refractivity contribution < 1.29 is 9.90 Å². The Morgan fingerprint density at radius 2 is 2.28 bits per heavy atom. The number of aromatic carboxylic acids is 1. The maximum atomic E-state index is 11.0. The Balaban J connectivity index is 2.05. The molecule has 1 aliphatic carbocycles. The van der Waals surface area contributed by atoms with Crippen molar-refractivity contribution >= 4 is 33.7 Å². The van der Waals surface area contributed by atoms with Crippen LogP contribution in [0, 0.1) is 16.7 Å². The maximum Gasteiger partial charge on any atom is 0.336 e. The third kappa shape index (κ3) is 3.06. The van der Waals surface area contributed by atoms with E-state index in [2.05, 4.69) is 22.0 Å². The lowest BCUT2D eigenvalue weighted by atomic mass is 10.1. The number of thioether (sulfide) groups is 1. The Hall–Kier alpha value is -0.990. The molecule has 0 bridgehead atoms. The number of carboxylic acid groups (broad SMARTS) is 1. The van der Waals surface area contributed by atoms with Crippen LogP contribution in [0.1, 0.15) is 29.6 Å². The van der Waals surface area contributed by atoms with Gasteiger partial charge in [-0.05, 0) is 52.4 Å². The molecular weight excluding hydrogens is 314 g/mol. The van der Waals surface area contributed by atoms with Crippen LogP contribution in [0.5, 0.6) is 0 Å². The van der Waals surface area contributed by atoms with Gasteiger partial charge in [0.1, 0.15) is 0 Å². The molecular formula is C13H12BrNO2S. The second-order valence-electron chi connectivity index (χ2n) is 4.57. The number of hydrogen-bond donors (Lipinski definition) is 1. The summed E-state index contributed by atoms with van der Waals surface area (Å²) < 4.78 is 0.595. The van der Waals surface area contributed by atoms with Crippen molar-refractivity contribution in [3.8, 4) is 6.07 Å². The number of rotatable bonds is 5. The minimum Gasteiger partial charge on any atom is -0.478 e. The predicted octanol–water partition coefficient (Wildman–Crippen LogP) is 3.93. The highest BCUT2D eigenvalue weighted by atomic mass is 79.9. The first-order chi connectivity index (χ1) is 8.56. The zero-order valence-corrected chi connectivity index (χ0v) is 12.1. The second kappa shape index (κ2) is 5.33. The molecule has 1 N–H and O–H groups in total. The zero-order valence-electron chi connectivity index (χ0n) is 9.65. The van der Waals surface area contributed by atoms with Crippen molar-refractivity contribution in [2.24, 2.45) is 5.41 Å². The van der Waals surface area contributed by atoms with E-state index in [1.807, 2.05) is 6.07 Å². The van der Waals surface area contributed by atoms with E-state index in [1.165, 1.54) is 0 Å². The van der Waals surface area contributed by atoms with E-state index in [-0.39, 0.29) is 11.0 Å². The van der Waals surface area contributed by atoms with Gasteiger partial charge in [-0.2, -0.15) is 5.26 Å². The van der Waals surface area contributed by atoms with E-state index < -0.39 is 5.97 Å². The van der Waals surface area contributed by atoms with Gasteiger partial charge in [-0.25, -0.2) is 4.79 Å². The molecule has 5 heteroatoms. The predicted molar refractivity (Wildman–Crippen MR) is 73.7 cm³/mol. The minimum absolute atomic E-state index is 0.176. The molecule has 0 radical (unpaired) electrons. The highest BCUT2D eigenvalue weighted by Crippen LogP contribution is 2.51. The number of carboxylic acids is 1. The fourth-order valence-corrected chi connectivity index (χ4v) is 3.36. The first-order valence-corrected chi connectivity index (χ1v) is 7.37. The molecule has 3 nitrogen and oxygen atoms in total. The van der Waals surface area contributed by atoms with Gasteiger partial charge in [0.15, 0.2) is 0 Å². The highest BCUT2D eigenvalue weighted by molar-refractivity contribution is 9.10. The summed E-state index contributed by atoms with van der Waals surface area (Å²) in [6, 6.07) is 7.58. The Kier molecular flexibility index (Phi) is 3.98. The SMILES string of the molecule is N#CCC1(CSc2ccc(Br)c(C(=O)O)c2)CC1. The number of carbonyl (C=O) groups is 1. The summed E-state index contributed by atoms with van der Waals surface area (Å²) in [6.07, 6.45) is 2.81. The average molecular weight is 326 g/mol. The molecule has 0 atom stereocenters. The maximum absolute atomic E-state index is 11.0. The van der Waals surface area contributed by atoms with Gasteiger partial charge in [-0.15, -0.1) is 11.8 Å². The lowest BCUT2D eigenvalue weighted by Gasteiger charge is -2.10. The Bertz CT molecular complexity index is 520. The van der Waals surface area contributed by atoms with Crippen molar-refractivity contribution in [3.05, 3.63) is 28.2 Å². The van der Waals surface area contributed by atoms with E-state index in [4.69, 9.17) is 10.4 Å². The normalized spacial score (nSPS) is 16.0. The molecule has 0 aliphatic heterocycles. The largest absolute Gasteiger partial charge is 0.478 e. The summed E-state index contributed by atoms with van der Waals surface area (Å²) in [6.45, 7) is 0. The number of nitrogens with zero attached hydrogens (tertiary/aromatic N) is 1. The molecule has 94 valence electrons. The van der Waals surface area contributed by atoms with Gasteiger partial charge in [-0.3, -0.25) is 0 Å². The lowest BCUT2D eigenvalue weighted by molar-refractivity contribution is 0.0695. The summed E-state index contributed by atoms with van der Waals surface area (Å²) in [5, 5.41) is 17.8. The molecule has 1 aromatic rings. The van der Waals surface area contributed by atoms with Crippen molar-refractivity contribution in [2.45, 2.75) is 24.2 Å². The monoisotopic (exact) mass is 325 g/mol. The van der Waals surface area contributed by atoms with Crippen LogP contribution in [0.25, 0.3) is 0 Å². The molecule has 0 spiro atoms. The minimum atomic E-state index is -0.928. The lowest BCUT2D eigenvalue weighted by Crippen LogP contribution is -2.03. The summed E-state index contributed by atoms with van der Waals surface area (Å²) in [4.78, 5) is 12.0. The molecule has 0 saturated heterocycles. The third-order valence-corrected chi connectivity index (χ3v) is 5.16. The van der Waals surface area contributed by atoms with Gasteiger partial charge in [0.25, 0.3) is 0 Å². The molecule has 0 aromatic heterocycles. The van der Waals surface area contributed by atoms with E-state index in [0.717, 1.165) is 23.5 Å². The number of nitriles is 1. The van der Waals surface area contributed by atoms with E-state index in [0.29, 0.717) is 10.9 Å². The third-order valence-electron chi connectivity index (χ3n) is 3.12. The summed E-state index contributed by atoms with van der Waals surface area (Å²) in [5.74, 6) is -0.0381. The molecule has 18 heavy (non-hydrogen) atoms. The van der Waals surface area contributed by atoms with E-state index in [9.17, 15) is 4.79 Å². The first kappa shape index (κ1) is 13.4. The van der Waals surface area contributed by atoms with Crippen LogP contribution in [0.4, 0.5) is 0 Å². The molecule has 0 amide bonds.